The third-order valence-corrected chi connectivity index (χ3v) is 4.47. The van der Waals surface area contributed by atoms with E-state index in [-0.39, 0.29) is 24.7 Å². The average molecular weight is 359 g/mol. The molecule has 0 N–H and O–H groups in total. The molecule has 1 saturated heterocycles. The van der Waals surface area contributed by atoms with Crippen molar-refractivity contribution in [1.29, 1.82) is 0 Å². The molecule has 7 nitrogen and oxygen atoms in total. The molecule has 1 heterocycles. The van der Waals surface area contributed by atoms with Gasteiger partial charge in [0.05, 0.1) is 19.3 Å². The van der Waals surface area contributed by atoms with Gasteiger partial charge in [0, 0.05) is 26.3 Å². The lowest BCUT2D eigenvalue weighted by molar-refractivity contribution is -0.163. The van der Waals surface area contributed by atoms with Gasteiger partial charge in [-0.05, 0) is 32.6 Å². The summed E-state index contributed by atoms with van der Waals surface area (Å²) in [5, 5.41) is 0. The van der Waals surface area contributed by atoms with Gasteiger partial charge < -0.3 is 23.8 Å². The van der Waals surface area contributed by atoms with Crippen LogP contribution in [0.5, 0.6) is 0 Å². The molecule has 0 aromatic heterocycles. The molecule has 0 aromatic carbocycles. The number of carbonyl (C=O) groups is 2. The van der Waals surface area contributed by atoms with E-state index in [2.05, 4.69) is 0 Å². The van der Waals surface area contributed by atoms with Crippen molar-refractivity contribution in [3.05, 3.63) is 0 Å². The van der Waals surface area contributed by atoms with E-state index >= 15 is 0 Å². The standard InChI is InChI=1S/C18H33NO6/c1-5-15(6-2)19(9-11-22-4)17(20)13-25-18(21)14(3)24-12-16-8-7-10-23-16/h14-16H,5-13H2,1-4H3. The minimum absolute atomic E-state index is 0.0521. The molecule has 2 atom stereocenters. The molecule has 1 fully saturated rings. The fourth-order valence-corrected chi connectivity index (χ4v) is 2.86. The van der Waals surface area contributed by atoms with E-state index in [1.165, 1.54) is 0 Å². The molecule has 2 unspecified atom stereocenters. The fraction of sp³-hybridized carbons (Fsp3) is 0.889. The molecular formula is C18H33NO6. The van der Waals surface area contributed by atoms with Crippen LogP contribution in [-0.2, 0) is 28.5 Å². The van der Waals surface area contributed by atoms with Gasteiger partial charge in [0.1, 0.15) is 0 Å². The van der Waals surface area contributed by atoms with Gasteiger partial charge in [-0.1, -0.05) is 13.8 Å². The summed E-state index contributed by atoms with van der Waals surface area (Å²) in [5.74, 6) is -0.729. The number of amides is 1. The third kappa shape index (κ3) is 7.71. The van der Waals surface area contributed by atoms with Gasteiger partial charge in [-0.3, -0.25) is 4.79 Å². The second-order valence-electron chi connectivity index (χ2n) is 6.27. The molecule has 0 bridgehead atoms. The number of nitrogens with zero attached hydrogens (tertiary/aromatic N) is 1. The number of ether oxygens (including phenoxy) is 4. The highest BCUT2D eigenvalue weighted by Crippen LogP contribution is 2.13. The summed E-state index contributed by atoms with van der Waals surface area (Å²) in [6, 6.07) is 0.120. The molecule has 1 rings (SSSR count). The van der Waals surface area contributed by atoms with Gasteiger partial charge in [0.2, 0.25) is 0 Å². The highest BCUT2D eigenvalue weighted by atomic mass is 16.6. The summed E-state index contributed by atoms with van der Waals surface area (Å²) in [7, 11) is 1.60. The quantitative estimate of drug-likeness (QED) is 0.495. The van der Waals surface area contributed by atoms with Gasteiger partial charge in [0.25, 0.3) is 5.91 Å². The van der Waals surface area contributed by atoms with Gasteiger partial charge in [-0.2, -0.15) is 0 Å². The van der Waals surface area contributed by atoms with Crippen molar-refractivity contribution in [1.82, 2.24) is 4.90 Å². The lowest BCUT2D eigenvalue weighted by Gasteiger charge is -2.30. The summed E-state index contributed by atoms with van der Waals surface area (Å²) >= 11 is 0. The van der Waals surface area contributed by atoms with Crippen molar-refractivity contribution < 1.29 is 28.5 Å². The predicted octanol–water partition coefficient (Wildman–Crippen LogP) is 1.78. The van der Waals surface area contributed by atoms with Gasteiger partial charge in [-0.25, -0.2) is 4.79 Å². The number of methoxy groups -OCH3 is 1. The summed E-state index contributed by atoms with van der Waals surface area (Å²) in [6.45, 7) is 7.49. The molecule has 0 aromatic rings. The first-order valence-corrected chi connectivity index (χ1v) is 9.21. The summed E-state index contributed by atoms with van der Waals surface area (Å²) in [5.41, 5.74) is 0. The average Bonchev–Trinajstić information content (AvgIpc) is 3.14. The van der Waals surface area contributed by atoms with E-state index in [0.717, 1.165) is 32.3 Å². The second kappa shape index (κ2) is 12.2. The number of esters is 1. The first-order chi connectivity index (χ1) is 12.0. The topological polar surface area (TPSA) is 74.3 Å². The van der Waals surface area contributed by atoms with Crippen LogP contribution in [0.25, 0.3) is 0 Å². The van der Waals surface area contributed by atoms with Crippen molar-refractivity contribution >= 4 is 11.9 Å². The molecule has 1 aliphatic rings. The highest BCUT2D eigenvalue weighted by molar-refractivity contribution is 5.82. The Hall–Kier alpha value is -1.18. The Bertz CT molecular complexity index is 393. The zero-order valence-electron chi connectivity index (χ0n) is 16.0. The Labute approximate surface area is 150 Å². The van der Waals surface area contributed by atoms with E-state index in [4.69, 9.17) is 18.9 Å². The van der Waals surface area contributed by atoms with E-state index in [1.807, 2.05) is 13.8 Å². The maximum absolute atomic E-state index is 12.4. The lowest BCUT2D eigenvalue weighted by Crippen LogP contribution is -2.44. The van der Waals surface area contributed by atoms with Crippen LogP contribution in [0, 0.1) is 0 Å². The Morgan fingerprint density at radius 2 is 2.00 bits per heavy atom. The van der Waals surface area contributed by atoms with Crippen LogP contribution in [0.4, 0.5) is 0 Å². The fourth-order valence-electron chi connectivity index (χ4n) is 2.86. The largest absolute Gasteiger partial charge is 0.454 e. The molecule has 0 radical (unpaired) electrons. The number of hydrogen-bond acceptors (Lipinski definition) is 6. The minimum Gasteiger partial charge on any atom is -0.454 e. The van der Waals surface area contributed by atoms with Crippen LogP contribution < -0.4 is 0 Å². The van der Waals surface area contributed by atoms with Gasteiger partial charge >= 0.3 is 5.97 Å². The normalized spacial score (nSPS) is 18.4. The van der Waals surface area contributed by atoms with Crippen LogP contribution >= 0.6 is 0 Å². The Morgan fingerprint density at radius 3 is 2.56 bits per heavy atom. The van der Waals surface area contributed by atoms with Crippen LogP contribution in [-0.4, -0.2) is 75.1 Å². The zero-order valence-corrected chi connectivity index (χ0v) is 16.0. The van der Waals surface area contributed by atoms with Crippen LogP contribution in [0.1, 0.15) is 46.5 Å². The summed E-state index contributed by atoms with van der Waals surface area (Å²) in [4.78, 5) is 26.2. The van der Waals surface area contributed by atoms with Crippen molar-refractivity contribution in [2.75, 3.05) is 40.1 Å². The monoisotopic (exact) mass is 359 g/mol. The van der Waals surface area contributed by atoms with E-state index in [0.29, 0.717) is 19.8 Å². The number of carbonyl (C=O) groups excluding carboxylic acids is 2. The first-order valence-electron chi connectivity index (χ1n) is 9.21. The van der Waals surface area contributed by atoms with Crippen LogP contribution in [0.3, 0.4) is 0 Å². The van der Waals surface area contributed by atoms with E-state index in [9.17, 15) is 9.59 Å². The molecule has 0 aliphatic carbocycles. The molecule has 0 spiro atoms. The Kier molecular flexibility index (Phi) is 10.7. The van der Waals surface area contributed by atoms with Crippen molar-refractivity contribution in [3.8, 4) is 0 Å². The number of hydrogen-bond donors (Lipinski definition) is 0. The molecule has 1 amide bonds. The number of rotatable bonds is 12. The molecule has 146 valence electrons. The maximum atomic E-state index is 12.4. The smallest absolute Gasteiger partial charge is 0.335 e. The highest BCUT2D eigenvalue weighted by Gasteiger charge is 2.24. The van der Waals surface area contributed by atoms with Crippen LogP contribution in [0.15, 0.2) is 0 Å². The molecule has 0 saturated carbocycles. The zero-order chi connectivity index (χ0) is 18.7. The van der Waals surface area contributed by atoms with Gasteiger partial charge in [-0.15, -0.1) is 0 Å². The predicted molar refractivity (Wildman–Crippen MR) is 93.3 cm³/mol. The maximum Gasteiger partial charge on any atom is 0.335 e. The summed E-state index contributed by atoms with van der Waals surface area (Å²) < 4.78 is 21.2. The second-order valence-corrected chi connectivity index (χ2v) is 6.27. The molecule has 25 heavy (non-hydrogen) atoms. The Morgan fingerprint density at radius 1 is 1.28 bits per heavy atom. The molecule has 1 aliphatic heterocycles. The first kappa shape index (κ1) is 21.9. The molecular weight excluding hydrogens is 326 g/mol. The summed E-state index contributed by atoms with van der Waals surface area (Å²) in [6.07, 6.45) is 3.01. The SMILES string of the molecule is CCC(CC)N(CCOC)C(=O)COC(=O)C(C)OCC1CCCO1. The van der Waals surface area contributed by atoms with E-state index < -0.39 is 12.1 Å². The van der Waals surface area contributed by atoms with Crippen molar-refractivity contribution in [3.63, 3.8) is 0 Å². The van der Waals surface area contributed by atoms with Crippen LogP contribution in [0.2, 0.25) is 0 Å². The Balaban J connectivity index is 2.40. The molecule has 7 heteroatoms. The lowest BCUT2D eigenvalue weighted by atomic mass is 10.1. The minimum atomic E-state index is -0.711. The van der Waals surface area contributed by atoms with Crippen molar-refractivity contribution in [2.45, 2.75) is 64.7 Å². The van der Waals surface area contributed by atoms with Crippen molar-refractivity contribution in [2.24, 2.45) is 0 Å². The third-order valence-electron chi connectivity index (χ3n) is 4.47. The van der Waals surface area contributed by atoms with E-state index in [1.54, 1.807) is 18.9 Å². The van der Waals surface area contributed by atoms with Gasteiger partial charge in [0.15, 0.2) is 12.7 Å².